The molecule has 0 aliphatic carbocycles. The predicted octanol–water partition coefficient (Wildman–Crippen LogP) is 4.91. The van der Waals surface area contributed by atoms with Gasteiger partial charge in [0.2, 0.25) is 5.96 Å². The van der Waals surface area contributed by atoms with Crippen LogP contribution in [0.5, 0.6) is 0 Å². The molecule has 0 unspecified atom stereocenters. The molecule has 1 aromatic rings. The van der Waals surface area contributed by atoms with Crippen LogP contribution in [-0.2, 0) is 25.6 Å². The van der Waals surface area contributed by atoms with Gasteiger partial charge in [-0.25, -0.2) is 19.3 Å². The first-order valence-electron chi connectivity index (χ1n) is 11.7. The number of aliphatic imine (C=N–C) groups is 1. The summed E-state index contributed by atoms with van der Waals surface area (Å²) in [5.41, 5.74) is -0.720. The van der Waals surface area contributed by atoms with E-state index in [0.717, 1.165) is 5.56 Å². The Morgan fingerprint density at radius 1 is 1.09 bits per heavy atom. The third kappa shape index (κ3) is 9.07. The van der Waals surface area contributed by atoms with Gasteiger partial charge in [0.15, 0.2) is 0 Å². The maximum absolute atomic E-state index is 13.1. The standard InChI is InChI=1S/C26H37N3O6/c1-8-16-29(24(32)35-26(5,6)7)22(27-23(31)34-25(2,3)4)28-17-12-15-20(28)21(30)33-18-19-13-10-9-11-14-19/h8-11,13-14,20H,1,12,15-18H2,2-7H3/b27-22-/t20-/m0/s1. The largest absolute Gasteiger partial charge is 0.459 e. The molecule has 1 heterocycles. The quantitative estimate of drug-likeness (QED) is 0.191. The Kier molecular flexibility index (Phi) is 9.45. The van der Waals surface area contributed by atoms with Gasteiger partial charge < -0.3 is 19.1 Å². The number of hydrogen-bond acceptors (Lipinski definition) is 6. The molecule has 1 aliphatic rings. The Bertz CT molecular complexity index is 931. The van der Waals surface area contributed by atoms with Crippen molar-refractivity contribution < 1.29 is 28.6 Å². The smallest absolute Gasteiger partial charge is 0.437 e. The van der Waals surface area contributed by atoms with Crippen LogP contribution < -0.4 is 0 Å². The summed E-state index contributed by atoms with van der Waals surface area (Å²) in [5.74, 6) is -0.501. The fraction of sp³-hybridized carbons (Fsp3) is 0.538. The van der Waals surface area contributed by atoms with E-state index in [2.05, 4.69) is 11.6 Å². The molecule has 0 N–H and O–H groups in total. The number of esters is 1. The molecule has 1 aromatic carbocycles. The lowest BCUT2D eigenvalue weighted by molar-refractivity contribution is -0.149. The zero-order valence-corrected chi connectivity index (χ0v) is 21.6. The number of rotatable bonds is 5. The summed E-state index contributed by atoms with van der Waals surface area (Å²) in [7, 11) is 0. The number of benzene rings is 1. The summed E-state index contributed by atoms with van der Waals surface area (Å²) in [5, 5.41) is 0. The fourth-order valence-corrected chi connectivity index (χ4v) is 3.41. The average molecular weight is 488 g/mol. The minimum absolute atomic E-state index is 0.0127. The van der Waals surface area contributed by atoms with E-state index in [9.17, 15) is 14.4 Å². The highest BCUT2D eigenvalue weighted by Crippen LogP contribution is 2.23. The second-order valence-corrected chi connectivity index (χ2v) is 10.2. The van der Waals surface area contributed by atoms with Crippen molar-refractivity contribution in [3.63, 3.8) is 0 Å². The molecule has 0 bridgehead atoms. The number of carbonyl (C=O) groups excluding carboxylic acids is 3. The van der Waals surface area contributed by atoms with Crippen molar-refractivity contribution in [2.24, 2.45) is 4.99 Å². The molecule has 0 saturated carbocycles. The van der Waals surface area contributed by atoms with E-state index in [0.29, 0.717) is 19.4 Å². The Labute approximate surface area is 207 Å². The zero-order chi connectivity index (χ0) is 26.2. The van der Waals surface area contributed by atoms with Gasteiger partial charge in [-0.05, 0) is 59.9 Å². The van der Waals surface area contributed by atoms with Crippen LogP contribution in [0.1, 0.15) is 59.9 Å². The molecule has 9 nitrogen and oxygen atoms in total. The summed E-state index contributed by atoms with van der Waals surface area (Å²) in [6.07, 6.45) is 1.02. The molecule has 1 atom stereocenters. The molecule has 1 aliphatic heterocycles. The number of ether oxygens (including phenoxy) is 3. The Balaban J connectivity index is 2.37. The number of nitrogens with zero attached hydrogens (tertiary/aromatic N) is 3. The molecular formula is C26H37N3O6. The van der Waals surface area contributed by atoms with Crippen molar-refractivity contribution in [1.82, 2.24) is 9.80 Å². The van der Waals surface area contributed by atoms with Crippen molar-refractivity contribution >= 4 is 24.1 Å². The molecule has 9 heteroatoms. The van der Waals surface area contributed by atoms with Crippen LogP contribution in [0.2, 0.25) is 0 Å². The lowest BCUT2D eigenvalue weighted by atomic mass is 10.2. The lowest BCUT2D eigenvalue weighted by Crippen LogP contribution is -2.53. The van der Waals surface area contributed by atoms with Crippen molar-refractivity contribution in [3.8, 4) is 0 Å². The summed E-state index contributed by atoms with van der Waals surface area (Å²) >= 11 is 0. The first kappa shape index (κ1) is 27.9. The maximum atomic E-state index is 13.1. The summed E-state index contributed by atoms with van der Waals surface area (Å²) in [4.78, 5) is 45.7. The van der Waals surface area contributed by atoms with Crippen LogP contribution >= 0.6 is 0 Å². The van der Waals surface area contributed by atoms with Crippen molar-refractivity contribution in [2.45, 2.75) is 78.2 Å². The van der Waals surface area contributed by atoms with E-state index in [1.165, 1.54) is 11.0 Å². The Morgan fingerprint density at radius 2 is 1.71 bits per heavy atom. The molecule has 2 rings (SSSR count). The van der Waals surface area contributed by atoms with E-state index in [1.54, 1.807) is 46.4 Å². The normalized spacial score (nSPS) is 16.5. The van der Waals surface area contributed by atoms with Gasteiger partial charge in [-0.2, -0.15) is 0 Å². The lowest BCUT2D eigenvalue weighted by Gasteiger charge is -2.34. The van der Waals surface area contributed by atoms with Crippen LogP contribution in [0.3, 0.4) is 0 Å². The highest BCUT2D eigenvalue weighted by Gasteiger charge is 2.39. The van der Waals surface area contributed by atoms with Crippen LogP contribution in [0.4, 0.5) is 9.59 Å². The molecular weight excluding hydrogens is 450 g/mol. The van der Waals surface area contributed by atoms with E-state index in [-0.39, 0.29) is 19.1 Å². The topological polar surface area (TPSA) is 97.7 Å². The van der Waals surface area contributed by atoms with Gasteiger partial charge >= 0.3 is 18.2 Å². The van der Waals surface area contributed by atoms with Gasteiger partial charge in [-0.15, -0.1) is 11.6 Å². The number of carbonyl (C=O) groups is 3. The van der Waals surface area contributed by atoms with Crippen molar-refractivity contribution in [2.75, 3.05) is 13.1 Å². The fourth-order valence-electron chi connectivity index (χ4n) is 3.41. The Morgan fingerprint density at radius 3 is 2.29 bits per heavy atom. The van der Waals surface area contributed by atoms with E-state index >= 15 is 0 Å². The van der Waals surface area contributed by atoms with Crippen LogP contribution in [0.25, 0.3) is 0 Å². The summed E-state index contributed by atoms with van der Waals surface area (Å²) in [6, 6.07) is 8.62. The zero-order valence-electron chi connectivity index (χ0n) is 21.6. The monoisotopic (exact) mass is 487 g/mol. The van der Waals surface area contributed by atoms with Crippen LogP contribution in [0, 0.1) is 0 Å². The molecule has 35 heavy (non-hydrogen) atoms. The molecule has 192 valence electrons. The molecule has 1 fully saturated rings. The molecule has 0 radical (unpaired) electrons. The SMILES string of the molecule is C=CCN(C(=O)OC(C)(C)C)/C(=N\C(=O)OC(C)(C)C)N1CCC[C@H]1C(=O)OCc1ccccc1. The van der Waals surface area contributed by atoms with E-state index in [4.69, 9.17) is 14.2 Å². The minimum atomic E-state index is -0.881. The second-order valence-electron chi connectivity index (χ2n) is 10.2. The molecule has 1 saturated heterocycles. The Hall–Kier alpha value is -3.36. The summed E-state index contributed by atoms with van der Waals surface area (Å²) < 4.78 is 16.5. The van der Waals surface area contributed by atoms with Gasteiger partial charge in [0.25, 0.3) is 0 Å². The number of likely N-dealkylation sites (tertiary alicyclic amines) is 1. The highest BCUT2D eigenvalue weighted by molar-refractivity contribution is 6.01. The average Bonchev–Trinajstić information content (AvgIpc) is 3.22. The first-order valence-corrected chi connectivity index (χ1v) is 11.7. The van der Waals surface area contributed by atoms with E-state index in [1.807, 2.05) is 30.3 Å². The van der Waals surface area contributed by atoms with Gasteiger partial charge in [0, 0.05) is 13.1 Å². The van der Waals surface area contributed by atoms with Gasteiger partial charge in [0.1, 0.15) is 23.9 Å². The van der Waals surface area contributed by atoms with Gasteiger partial charge in [-0.1, -0.05) is 36.4 Å². The third-order valence-corrected chi connectivity index (χ3v) is 4.76. The van der Waals surface area contributed by atoms with Crippen molar-refractivity contribution in [3.05, 3.63) is 48.6 Å². The third-order valence-electron chi connectivity index (χ3n) is 4.76. The number of guanidine groups is 1. The first-order chi connectivity index (χ1) is 16.3. The van der Waals surface area contributed by atoms with E-state index < -0.39 is 35.4 Å². The number of amides is 2. The highest BCUT2D eigenvalue weighted by atomic mass is 16.6. The second kappa shape index (κ2) is 11.9. The van der Waals surface area contributed by atoms with Gasteiger partial charge in [0.05, 0.1) is 0 Å². The predicted molar refractivity (Wildman–Crippen MR) is 133 cm³/mol. The molecule has 0 aromatic heterocycles. The van der Waals surface area contributed by atoms with Gasteiger partial charge in [-0.3, -0.25) is 0 Å². The molecule has 2 amide bonds. The van der Waals surface area contributed by atoms with Crippen molar-refractivity contribution in [1.29, 1.82) is 0 Å². The van der Waals surface area contributed by atoms with Crippen LogP contribution in [0.15, 0.2) is 48.0 Å². The van der Waals surface area contributed by atoms with Crippen LogP contribution in [-0.4, -0.2) is 64.2 Å². The summed E-state index contributed by atoms with van der Waals surface area (Å²) in [6.45, 7) is 14.6. The minimum Gasteiger partial charge on any atom is -0.459 e. The molecule has 0 spiro atoms. The maximum Gasteiger partial charge on any atom is 0.437 e. The number of hydrogen-bond donors (Lipinski definition) is 0.